The maximum Gasteiger partial charge on any atom is 0.251 e. The lowest BCUT2D eigenvalue weighted by atomic mass is 10.0. The van der Waals surface area contributed by atoms with Crippen molar-refractivity contribution in [1.82, 2.24) is 19.9 Å². The van der Waals surface area contributed by atoms with Gasteiger partial charge in [-0.25, -0.2) is 4.98 Å². The van der Waals surface area contributed by atoms with E-state index in [2.05, 4.69) is 15.7 Å². The van der Waals surface area contributed by atoms with Crippen LogP contribution >= 0.6 is 0 Å². The van der Waals surface area contributed by atoms with E-state index in [1.54, 1.807) is 35.0 Å². The van der Waals surface area contributed by atoms with E-state index in [-0.39, 0.29) is 11.7 Å². The van der Waals surface area contributed by atoms with E-state index in [0.717, 1.165) is 28.1 Å². The van der Waals surface area contributed by atoms with Crippen molar-refractivity contribution in [3.05, 3.63) is 95.7 Å². The highest BCUT2D eigenvalue weighted by Gasteiger charge is 2.13. The molecule has 176 valence electrons. The van der Waals surface area contributed by atoms with E-state index in [9.17, 15) is 9.90 Å². The van der Waals surface area contributed by atoms with Gasteiger partial charge in [-0.2, -0.15) is 9.61 Å². The van der Waals surface area contributed by atoms with E-state index >= 15 is 0 Å². The van der Waals surface area contributed by atoms with Gasteiger partial charge < -0.3 is 15.7 Å². The molecule has 0 atom stereocenters. The molecule has 3 N–H and O–H groups in total. The van der Waals surface area contributed by atoms with Crippen LogP contribution in [0.25, 0.3) is 16.9 Å². The van der Waals surface area contributed by atoms with Gasteiger partial charge >= 0.3 is 0 Å². The van der Waals surface area contributed by atoms with Gasteiger partial charge in [-0.15, -0.1) is 0 Å². The Kier molecular flexibility index (Phi) is 7.31. The number of aromatic hydroxyl groups is 1. The SMILES string of the molecule is Bc1cnn2c(NCc3ccc(CNC(=O)C(/C=C\C)=C/C)cc3)cc(-c3ccccc3O)nc12. The maximum atomic E-state index is 12.3. The first-order chi connectivity index (χ1) is 17.0. The topological polar surface area (TPSA) is 91.5 Å². The smallest absolute Gasteiger partial charge is 0.251 e. The molecule has 0 spiro atoms. The average molecular weight is 465 g/mol. The summed E-state index contributed by atoms with van der Waals surface area (Å²) in [5, 5.41) is 21.2. The van der Waals surface area contributed by atoms with Gasteiger partial charge in [0.25, 0.3) is 5.91 Å². The molecule has 0 aliphatic heterocycles. The number of phenols is 1. The van der Waals surface area contributed by atoms with Crippen LogP contribution in [-0.4, -0.2) is 33.5 Å². The molecule has 0 aliphatic rings. The molecule has 1 amide bonds. The van der Waals surface area contributed by atoms with E-state index in [0.29, 0.717) is 29.9 Å². The minimum Gasteiger partial charge on any atom is -0.507 e. The second-order valence-corrected chi connectivity index (χ2v) is 8.20. The van der Waals surface area contributed by atoms with Crippen molar-refractivity contribution < 1.29 is 9.90 Å². The molecule has 8 heteroatoms. The predicted octanol–water partition coefficient (Wildman–Crippen LogP) is 3.11. The summed E-state index contributed by atoms with van der Waals surface area (Å²) in [7, 11) is 1.96. The summed E-state index contributed by atoms with van der Waals surface area (Å²) in [4.78, 5) is 17.0. The summed E-state index contributed by atoms with van der Waals surface area (Å²) in [6.07, 6.45) is 7.22. The fourth-order valence-corrected chi connectivity index (χ4v) is 3.76. The number of anilines is 1. The zero-order chi connectivity index (χ0) is 24.8. The third-order valence-corrected chi connectivity index (χ3v) is 5.70. The molecule has 2 heterocycles. The monoisotopic (exact) mass is 465 g/mol. The van der Waals surface area contributed by atoms with Crippen LogP contribution < -0.4 is 16.1 Å². The molecule has 4 rings (SSSR count). The maximum absolute atomic E-state index is 12.3. The second kappa shape index (κ2) is 10.7. The van der Waals surface area contributed by atoms with Gasteiger partial charge in [0.15, 0.2) is 5.65 Å². The number of benzene rings is 2. The molecule has 2 aromatic heterocycles. The minimum absolute atomic E-state index is 0.0900. The fourth-order valence-electron chi connectivity index (χ4n) is 3.76. The highest BCUT2D eigenvalue weighted by molar-refractivity contribution is 6.36. The number of carbonyl (C=O) groups excluding carboxylic acids is 1. The molecule has 35 heavy (non-hydrogen) atoms. The molecule has 4 aromatic rings. The van der Waals surface area contributed by atoms with Crippen LogP contribution in [0.4, 0.5) is 5.82 Å². The summed E-state index contributed by atoms with van der Waals surface area (Å²) < 4.78 is 1.77. The van der Waals surface area contributed by atoms with Crippen LogP contribution in [0.5, 0.6) is 5.75 Å². The second-order valence-electron chi connectivity index (χ2n) is 8.20. The van der Waals surface area contributed by atoms with Gasteiger partial charge in [-0.1, -0.05) is 54.6 Å². The quantitative estimate of drug-likeness (QED) is 0.211. The third-order valence-electron chi connectivity index (χ3n) is 5.70. The fraction of sp³-hybridized carbons (Fsp3) is 0.148. The number of allylic oxidation sites excluding steroid dienone is 2. The Morgan fingerprint density at radius 2 is 1.80 bits per heavy atom. The van der Waals surface area contributed by atoms with E-state index in [1.165, 1.54) is 0 Å². The van der Waals surface area contributed by atoms with Crippen molar-refractivity contribution >= 4 is 30.7 Å². The van der Waals surface area contributed by atoms with Gasteiger partial charge in [0.2, 0.25) is 0 Å². The van der Waals surface area contributed by atoms with Crippen LogP contribution in [0.1, 0.15) is 25.0 Å². The number of para-hydroxylation sites is 1. The van der Waals surface area contributed by atoms with E-state index < -0.39 is 0 Å². The lowest BCUT2D eigenvalue weighted by molar-refractivity contribution is -0.117. The molecule has 0 saturated carbocycles. The molecule has 7 nitrogen and oxygen atoms in total. The van der Waals surface area contributed by atoms with Gasteiger partial charge in [0, 0.05) is 36.5 Å². The number of rotatable bonds is 8. The molecule has 0 unspecified atom stereocenters. The summed E-state index contributed by atoms with van der Waals surface area (Å²) in [6, 6.07) is 17.1. The van der Waals surface area contributed by atoms with Gasteiger partial charge in [-0.3, -0.25) is 4.79 Å². The number of hydrogen-bond donors (Lipinski definition) is 3. The van der Waals surface area contributed by atoms with Crippen molar-refractivity contribution in [2.24, 2.45) is 0 Å². The van der Waals surface area contributed by atoms with Crippen LogP contribution in [0.15, 0.2) is 84.6 Å². The summed E-state index contributed by atoms with van der Waals surface area (Å²) in [6.45, 7) is 4.78. The summed E-state index contributed by atoms with van der Waals surface area (Å²) in [5.74, 6) is 0.871. The third kappa shape index (κ3) is 5.43. The minimum atomic E-state index is -0.0900. The summed E-state index contributed by atoms with van der Waals surface area (Å²) >= 11 is 0. The Bertz CT molecular complexity index is 1410. The molecular weight excluding hydrogens is 437 g/mol. The first-order valence-electron chi connectivity index (χ1n) is 11.5. The highest BCUT2D eigenvalue weighted by atomic mass is 16.3. The molecule has 2 aromatic carbocycles. The van der Waals surface area contributed by atoms with Crippen molar-refractivity contribution in [3.63, 3.8) is 0 Å². The largest absolute Gasteiger partial charge is 0.507 e. The number of phenolic OH excluding ortho intramolecular Hbond substituents is 1. The lowest BCUT2D eigenvalue weighted by Crippen LogP contribution is -2.23. The number of amides is 1. The number of hydrogen-bond acceptors (Lipinski definition) is 5. The first-order valence-corrected chi connectivity index (χ1v) is 11.5. The van der Waals surface area contributed by atoms with Crippen LogP contribution in [0.2, 0.25) is 0 Å². The normalized spacial score (nSPS) is 11.8. The van der Waals surface area contributed by atoms with Crippen LogP contribution in [0.3, 0.4) is 0 Å². The Hall–Kier alpha value is -4.33. The summed E-state index contributed by atoms with van der Waals surface area (Å²) in [5.41, 5.74) is 5.78. The molecule has 0 saturated heterocycles. The zero-order valence-corrected chi connectivity index (χ0v) is 20.1. The Morgan fingerprint density at radius 1 is 1.09 bits per heavy atom. The van der Waals surface area contributed by atoms with Gasteiger partial charge in [0.05, 0.1) is 5.69 Å². The Morgan fingerprint density at radius 3 is 2.49 bits per heavy atom. The van der Waals surface area contributed by atoms with Crippen LogP contribution in [0, 0.1) is 0 Å². The van der Waals surface area contributed by atoms with Crippen molar-refractivity contribution in [3.8, 4) is 17.0 Å². The predicted molar refractivity (Wildman–Crippen MR) is 142 cm³/mol. The van der Waals surface area contributed by atoms with Gasteiger partial charge in [0.1, 0.15) is 19.4 Å². The van der Waals surface area contributed by atoms with Crippen molar-refractivity contribution in [1.29, 1.82) is 0 Å². The van der Waals surface area contributed by atoms with Crippen LogP contribution in [-0.2, 0) is 17.9 Å². The molecule has 0 radical (unpaired) electrons. The van der Waals surface area contributed by atoms with Crippen molar-refractivity contribution in [2.75, 3.05) is 5.32 Å². The molecule has 0 aliphatic carbocycles. The van der Waals surface area contributed by atoms with E-state index in [4.69, 9.17) is 4.98 Å². The van der Waals surface area contributed by atoms with Gasteiger partial charge in [-0.05, 0) is 42.6 Å². The Balaban J connectivity index is 1.48. The Labute approximate surface area is 205 Å². The lowest BCUT2D eigenvalue weighted by Gasteiger charge is -2.12. The average Bonchev–Trinajstić information content (AvgIpc) is 3.26. The number of nitrogens with one attached hydrogen (secondary N) is 2. The number of nitrogens with zero attached hydrogens (tertiary/aromatic N) is 3. The number of fused-ring (bicyclic) bond motifs is 1. The van der Waals surface area contributed by atoms with E-state index in [1.807, 2.05) is 70.2 Å². The zero-order valence-electron chi connectivity index (χ0n) is 20.1. The molecular formula is C27H28BN5O2. The first kappa shape index (κ1) is 23.8. The van der Waals surface area contributed by atoms with Crippen molar-refractivity contribution in [2.45, 2.75) is 26.9 Å². The number of carbonyl (C=O) groups is 1. The standard InChI is InChI=1S/C27H28BN5O2/c1-3-7-20(4-2)27(35)30-16-19-12-10-18(11-13-19)15-29-25-14-23(21-8-5-6-9-24(21)34)32-26-22(28)17-31-33(25)26/h3-14,17,29,34H,15-16,28H2,1-2H3,(H,30,35)/b7-3-,20-4+. The molecule has 0 bridgehead atoms. The highest BCUT2D eigenvalue weighted by Crippen LogP contribution is 2.29. The number of aromatic nitrogens is 3. The molecule has 0 fully saturated rings.